The number of rotatable bonds is 9. The van der Waals surface area contributed by atoms with Gasteiger partial charge in [0.1, 0.15) is 0 Å². The van der Waals surface area contributed by atoms with Crippen LogP contribution in [0.5, 0.6) is 0 Å². The van der Waals surface area contributed by atoms with Gasteiger partial charge in [0.25, 0.3) is 0 Å². The lowest BCUT2D eigenvalue weighted by Crippen LogP contribution is -2.21. The fraction of sp³-hybridized carbons (Fsp3) is 0.538. The summed E-state index contributed by atoms with van der Waals surface area (Å²) in [7, 11) is -7.13. The van der Waals surface area contributed by atoms with Crippen molar-refractivity contribution in [3.8, 4) is 0 Å². The molecule has 1 aliphatic heterocycles. The van der Waals surface area contributed by atoms with E-state index in [2.05, 4.69) is 74.3 Å². The third-order valence-electron chi connectivity index (χ3n) is 6.78. The van der Waals surface area contributed by atoms with Crippen LogP contribution in [0.4, 0.5) is 13.2 Å². The molecule has 3 rings (SSSR count). The van der Waals surface area contributed by atoms with Gasteiger partial charge in [-0.2, -0.15) is 13.2 Å². The molecule has 1 aliphatic rings. The molecule has 1 saturated heterocycles. The Morgan fingerprint density at radius 3 is 1.59 bits per heavy atom. The largest absolute Gasteiger partial charge is 0.741 e. The van der Waals surface area contributed by atoms with Gasteiger partial charge in [0, 0.05) is 7.26 Å². The first-order chi connectivity index (χ1) is 16.0. The van der Waals surface area contributed by atoms with Gasteiger partial charge in [-0.05, 0) is 36.8 Å². The molecule has 2 aromatic carbocycles. The van der Waals surface area contributed by atoms with Crippen molar-refractivity contribution in [3.05, 3.63) is 71.8 Å². The Bertz CT molecular complexity index is 903. The fourth-order valence-corrected chi connectivity index (χ4v) is 10.2. The van der Waals surface area contributed by atoms with Crippen LogP contribution in [0.15, 0.2) is 60.7 Å². The molecule has 2 atom stereocenters. The molecule has 0 radical (unpaired) electrons. The highest BCUT2D eigenvalue weighted by atomic mass is 32.2. The minimum Gasteiger partial charge on any atom is -0.741 e. The smallest absolute Gasteiger partial charge is 0.485 e. The SMILES string of the molecule is CCCCCCCC[P+]1(C)[C@@H](c2ccccc2)CC[C@@H]1c1ccccc1.O=S(=O)([O-])C(F)(F)F. The van der Waals surface area contributed by atoms with Crippen LogP contribution in [0.1, 0.15) is 80.7 Å². The van der Waals surface area contributed by atoms with Crippen molar-refractivity contribution in [2.24, 2.45) is 0 Å². The van der Waals surface area contributed by atoms with Crippen LogP contribution in [0, 0.1) is 0 Å². The maximum absolute atomic E-state index is 10.7. The Morgan fingerprint density at radius 2 is 1.21 bits per heavy atom. The molecule has 0 saturated carbocycles. The highest BCUT2D eigenvalue weighted by Gasteiger charge is 2.53. The Balaban J connectivity index is 0.000000440. The summed E-state index contributed by atoms with van der Waals surface area (Å²) >= 11 is 0. The van der Waals surface area contributed by atoms with Crippen LogP contribution in [0.2, 0.25) is 0 Å². The molecule has 190 valence electrons. The third kappa shape index (κ3) is 8.07. The van der Waals surface area contributed by atoms with E-state index in [0.717, 1.165) is 11.3 Å². The van der Waals surface area contributed by atoms with Gasteiger partial charge in [-0.3, -0.25) is 0 Å². The predicted octanol–water partition coefficient (Wildman–Crippen LogP) is 8.32. The van der Waals surface area contributed by atoms with E-state index >= 15 is 0 Å². The minimum absolute atomic E-state index is 0.810. The number of unbranched alkanes of at least 4 members (excludes halogenated alkanes) is 5. The van der Waals surface area contributed by atoms with E-state index in [1.807, 2.05) is 0 Å². The summed E-state index contributed by atoms with van der Waals surface area (Å²) in [4.78, 5) is 0. The summed E-state index contributed by atoms with van der Waals surface area (Å²) in [6.45, 7) is 5.00. The van der Waals surface area contributed by atoms with Gasteiger partial charge in [-0.1, -0.05) is 93.3 Å². The Labute approximate surface area is 203 Å². The zero-order valence-corrected chi connectivity index (χ0v) is 21.7. The lowest BCUT2D eigenvalue weighted by atomic mass is 10.0. The molecule has 2 aromatic rings. The van der Waals surface area contributed by atoms with Gasteiger partial charge < -0.3 is 4.55 Å². The van der Waals surface area contributed by atoms with E-state index in [9.17, 15) is 13.2 Å². The molecule has 1 heterocycles. The average molecular weight is 517 g/mol. The second-order valence-corrected chi connectivity index (χ2v) is 14.9. The summed E-state index contributed by atoms with van der Waals surface area (Å²) in [6.07, 6.45) is 12.7. The summed E-state index contributed by atoms with van der Waals surface area (Å²) in [5.74, 6) is 0. The molecule has 3 nitrogen and oxygen atoms in total. The predicted molar refractivity (Wildman–Crippen MR) is 134 cm³/mol. The minimum atomic E-state index is -6.09. The quantitative estimate of drug-likeness (QED) is 0.146. The van der Waals surface area contributed by atoms with Gasteiger partial charge in [0.15, 0.2) is 10.1 Å². The Hall–Kier alpha value is -1.43. The number of hydrogen-bond donors (Lipinski definition) is 0. The van der Waals surface area contributed by atoms with E-state index in [-0.39, 0.29) is 0 Å². The van der Waals surface area contributed by atoms with Gasteiger partial charge in [-0.25, -0.2) is 8.42 Å². The molecular formula is C26H36F3O3PS. The second kappa shape index (κ2) is 13.0. The van der Waals surface area contributed by atoms with E-state index in [1.54, 1.807) is 11.1 Å². The molecule has 0 amide bonds. The van der Waals surface area contributed by atoms with E-state index in [1.165, 1.54) is 57.5 Å². The molecule has 0 bridgehead atoms. The molecular weight excluding hydrogens is 480 g/mol. The first-order valence-electron chi connectivity index (χ1n) is 12.0. The van der Waals surface area contributed by atoms with E-state index in [4.69, 9.17) is 13.0 Å². The number of hydrogen-bond acceptors (Lipinski definition) is 3. The third-order valence-corrected chi connectivity index (χ3v) is 12.6. The lowest BCUT2D eigenvalue weighted by molar-refractivity contribution is -0.0517. The van der Waals surface area contributed by atoms with Gasteiger partial charge in [0.05, 0.1) is 24.1 Å². The van der Waals surface area contributed by atoms with Crippen LogP contribution in [0.25, 0.3) is 0 Å². The number of alkyl halides is 3. The van der Waals surface area contributed by atoms with Crippen LogP contribution < -0.4 is 0 Å². The maximum atomic E-state index is 10.7. The van der Waals surface area contributed by atoms with Gasteiger partial charge >= 0.3 is 5.51 Å². The summed E-state index contributed by atoms with van der Waals surface area (Å²) in [5, 5.41) is 0. The van der Waals surface area contributed by atoms with Crippen LogP contribution in [0.3, 0.4) is 0 Å². The van der Waals surface area contributed by atoms with Crippen molar-refractivity contribution in [3.63, 3.8) is 0 Å². The topological polar surface area (TPSA) is 57.2 Å². The lowest BCUT2D eigenvalue weighted by Gasteiger charge is -2.31. The summed E-state index contributed by atoms with van der Waals surface area (Å²) in [5.41, 5.74) is -0.818. The Kier molecular flexibility index (Phi) is 11.0. The molecule has 8 heteroatoms. The molecule has 0 N–H and O–H groups in total. The molecule has 0 spiro atoms. The van der Waals surface area contributed by atoms with Crippen LogP contribution >= 0.6 is 7.26 Å². The Morgan fingerprint density at radius 1 is 0.824 bits per heavy atom. The maximum Gasteiger partial charge on any atom is 0.485 e. The van der Waals surface area contributed by atoms with E-state index in [0.29, 0.717) is 0 Å². The molecule has 34 heavy (non-hydrogen) atoms. The fourth-order valence-electron chi connectivity index (χ4n) is 5.03. The highest BCUT2D eigenvalue weighted by Crippen LogP contribution is 2.82. The standard InChI is InChI=1S/C25H36P.CHF3O3S/c1-3-4-5-6-7-14-21-26(2)24(22-15-10-8-11-16-22)19-20-25(26)23-17-12-9-13-18-23;2-1(3,4)8(5,6)7/h8-13,15-18,24-25H,3-7,14,19-21H2,1-2H3;(H,5,6,7)/q+1;/p-1/t24-,25-;/m1./s1. The van der Waals surface area contributed by atoms with Gasteiger partial charge in [0.2, 0.25) is 0 Å². The zero-order chi connectivity index (χ0) is 25.2. The molecule has 0 unspecified atom stereocenters. The van der Waals surface area contributed by atoms with Crippen molar-refractivity contribution >= 4 is 17.4 Å². The first kappa shape index (κ1) is 28.8. The van der Waals surface area contributed by atoms with Crippen molar-refractivity contribution in [2.45, 2.75) is 75.1 Å². The van der Waals surface area contributed by atoms with Gasteiger partial charge in [-0.15, -0.1) is 0 Å². The van der Waals surface area contributed by atoms with Crippen molar-refractivity contribution in [2.75, 3.05) is 12.8 Å². The van der Waals surface area contributed by atoms with Crippen molar-refractivity contribution in [1.82, 2.24) is 0 Å². The van der Waals surface area contributed by atoms with Crippen LogP contribution in [-0.4, -0.2) is 31.3 Å². The second-order valence-electron chi connectivity index (χ2n) is 9.17. The highest BCUT2D eigenvalue weighted by molar-refractivity contribution is 7.86. The number of benzene rings is 2. The molecule has 0 aliphatic carbocycles. The number of halogens is 3. The van der Waals surface area contributed by atoms with E-state index < -0.39 is 22.9 Å². The first-order valence-corrected chi connectivity index (χ1v) is 15.9. The molecule has 0 aromatic heterocycles. The average Bonchev–Trinajstić information content (AvgIpc) is 3.13. The monoisotopic (exact) mass is 516 g/mol. The normalized spacial score (nSPS) is 19.9. The molecule has 1 fully saturated rings. The van der Waals surface area contributed by atoms with Crippen LogP contribution in [-0.2, 0) is 10.1 Å². The van der Waals surface area contributed by atoms with Crippen molar-refractivity contribution in [1.29, 1.82) is 0 Å². The summed E-state index contributed by atoms with van der Waals surface area (Å²) in [6, 6.07) is 22.8. The van der Waals surface area contributed by atoms with Crippen molar-refractivity contribution < 1.29 is 26.1 Å². The zero-order valence-electron chi connectivity index (χ0n) is 20.0. The summed E-state index contributed by atoms with van der Waals surface area (Å²) < 4.78 is 58.9.